The summed E-state index contributed by atoms with van der Waals surface area (Å²) in [5, 5.41) is 5.55. The van der Waals surface area contributed by atoms with Crippen LogP contribution in [0, 0.1) is 0 Å². The van der Waals surface area contributed by atoms with Crippen LogP contribution in [-0.2, 0) is 6.54 Å². The van der Waals surface area contributed by atoms with Gasteiger partial charge < -0.3 is 9.88 Å². The number of nitrogens with zero attached hydrogens (tertiary/aromatic N) is 2. The highest BCUT2D eigenvalue weighted by molar-refractivity contribution is 7.10. The van der Waals surface area contributed by atoms with Gasteiger partial charge in [0.15, 0.2) is 0 Å². The molecule has 0 aliphatic carbocycles. The van der Waals surface area contributed by atoms with E-state index in [1.54, 1.807) is 17.5 Å². The Labute approximate surface area is 110 Å². The Kier molecular flexibility index (Phi) is 3.10. The van der Waals surface area contributed by atoms with Crippen molar-refractivity contribution >= 4 is 17.0 Å². The number of imidazole rings is 1. The number of rotatable bonds is 4. The van der Waals surface area contributed by atoms with Gasteiger partial charge in [-0.3, -0.25) is 0 Å². The summed E-state index contributed by atoms with van der Waals surface area (Å²) in [5.41, 5.74) is 2.32. The maximum atomic E-state index is 4.05. The number of nitrogens with one attached hydrogen (secondary N) is 1. The molecule has 0 saturated heterocycles. The Bertz CT molecular complexity index is 599. The van der Waals surface area contributed by atoms with Gasteiger partial charge in [0, 0.05) is 34.9 Å². The normalized spacial score (nSPS) is 10.4. The van der Waals surface area contributed by atoms with Gasteiger partial charge in [0.1, 0.15) is 0 Å². The maximum absolute atomic E-state index is 4.05. The molecule has 3 rings (SSSR count). The summed E-state index contributed by atoms with van der Waals surface area (Å²) >= 11 is 1.76. The molecule has 1 aromatic carbocycles. The maximum Gasteiger partial charge on any atom is 0.0991 e. The second kappa shape index (κ2) is 5.06. The van der Waals surface area contributed by atoms with E-state index in [0.29, 0.717) is 0 Å². The fourth-order valence-electron chi connectivity index (χ4n) is 1.75. The van der Waals surface area contributed by atoms with Crippen molar-refractivity contribution in [2.75, 3.05) is 5.32 Å². The highest BCUT2D eigenvalue weighted by Gasteiger charge is 2.01. The summed E-state index contributed by atoms with van der Waals surface area (Å²) in [6, 6.07) is 12.4. The molecule has 3 aromatic rings. The molecule has 0 atom stereocenters. The van der Waals surface area contributed by atoms with E-state index in [0.717, 1.165) is 12.2 Å². The molecule has 2 heterocycles. The van der Waals surface area contributed by atoms with Gasteiger partial charge in [-0.25, -0.2) is 4.98 Å². The van der Waals surface area contributed by atoms with Gasteiger partial charge in [0.2, 0.25) is 0 Å². The van der Waals surface area contributed by atoms with Crippen molar-refractivity contribution in [1.82, 2.24) is 9.55 Å². The SMILES string of the molecule is c1ccc(NCc2cc(-n3ccnc3)cs2)cc1. The molecule has 4 heteroatoms. The van der Waals surface area contributed by atoms with Crippen molar-refractivity contribution in [3.8, 4) is 5.69 Å². The molecule has 18 heavy (non-hydrogen) atoms. The second-order valence-electron chi connectivity index (χ2n) is 3.96. The average Bonchev–Trinajstić information content (AvgIpc) is 3.08. The summed E-state index contributed by atoms with van der Waals surface area (Å²) in [6.45, 7) is 0.851. The van der Waals surface area contributed by atoms with Crippen LogP contribution in [0.5, 0.6) is 0 Å². The van der Waals surface area contributed by atoms with Crippen molar-refractivity contribution in [1.29, 1.82) is 0 Å². The average molecular weight is 255 g/mol. The zero-order valence-electron chi connectivity index (χ0n) is 9.78. The number of aromatic nitrogens is 2. The molecule has 3 nitrogen and oxygen atoms in total. The van der Waals surface area contributed by atoms with E-state index < -0.39 is 0 Å². The molecule has 0 saturated carbocycles. The third kappa shape index (κ3) is 2.43. The zero-order valence-corrected chi connectivity index (χ0v) is 10.6. The summed E-state index contributed by atoms with van der Waals surface area (Å²) in [7, 11) is 0. The number of anilines is 1. The molecular weight excluding hydrogens is 242 g/mol. The summed E-state index contributed by atoms with van der Waals surface area (Å²) in [4.78, 5) is 5.36. The largest absolute Gasteiger partial charge is 0.380 e. The monoisotopic (exact) mass is 255 g/mol. The Morgan fingerprint density at radius 3 is 2.89 bits per heavy atom. The lowest BCUT2D eigenvalue weighted by atomic mass is 10.3. The Morgan fingerprint density at radius 1 is 1.22 bits per heavy atom. The number of thiophene rings is 1. The van der Waals surface area contributed by atoms with E-state index in [4.69, 9.17) is 0 Å². The minimum absolute atomic E-state index is 0.851. The lowest BCUT2D eigenvalue weighted by Gasteiger charge is -2.03. The van der Waals surface area contributed by atoms with E-state index in [-0.39, 0.29) is 0 Å². The lowest BCUT2D eigenvalue weighted by molar-refractivity contribution is 1.06. The van der Waals surface area contributed by atoms with Crippen LogP contribution in [0.15, 0.2) is 60.5 Å². The summed E-state index contributed by atoms with van der Waals surface area (Å²) in [5.74, 6) is 0. The fraction of sp³-hybridized carbons (Fsp3) is 0.0714. The molecule has 0 fully saturated rings. The number of para-hydroxylation sites is 1. The van der Waals surface area contributed by atoms with E-state index in [9.17, 15) is 0 Å². The first-order valence-corrected chi connectivity index (χ1v) is 6.64. The molecular formula is C14H13N3S. The molecule has 2 aromatic heterocycles. The summed E-state index contributed by atoms with van der Waals surface area (Å²) < 4.78 is 2.02. The van der Waals surface area contributed by atoms with Crippen LogP contribution in [0.3, 0.4) is 0 Å². The van der Waals surface area contributed by atoms with Crippen LogP contribution in [-0.4, -0.2) is 9.55 Å². The number of benzene rings is 1. The smallest absolute Gasteiger partial charge is 0.0991 e. The highest BCUT2D eigenvalue weighted by Crippen LogP contribution is 2.19. The topological polar surface area (TPSA) is 29.9 Å². The van der Waals surface area contributed by atoms with E-state index in [1.165, 1.54) is 10.6 Å². The third-order valence-electron chi connectivity index (χ3n) is 2.68. The van der Waals surface area contributed by atoms with Crippen LogP contribution in [0.2, 0.25) is 0 Å². The molecule has 0 amide bonds. The Balaban J connectivity index is 1.68. The van der Waals surface area contributed by atoms with Gasteiger partial charge in [-0.05, 0) is 18.2 Å². The van der Waals surface area contributed by atoms with Gasteiger partial charge in [0.05, 0.1) is 12.0 Å². The molecule has 0 aliphatic heterocycles. The van der Waals surface area contributed by atoms with Crippen LogP contribution in [0.25, 0.3) is 5.69 Å². The van der Waals surface area contributed by atoms with Gasteiger partial charge in [0.25, 0.3) is 0 Å². The quantitative estimate of drug-likeness (QED) is 0.772. The highest BCUT2D eigenvalue weighted by atomic mass is 32.1. The first-order chi connectivity index (χ1) is 8.92. The van der Waals surface area contributed by atoms with E-state index >= 15 is 0 Å². The molecule has 0 radical (unpaired) electrons. The predicted octanol–water partition coefficient (Wildman–Crippen LogP) is 3.55. The van der Waals surface area contributed by atoms with E-state index in [2.05, 4.69) is 33.9 Å². The molecule has 0 unspecified atom stereocenters. The van der Waals surface area contributed by atoms with Gasteiger partial charge in [-0.15, -0.1) is 11.3 Å². The Hall–Kier alpha value is -2.07. The first kappa shape index (κ1) is 11.0. The van der Waals surface area contributed by atoms with Crippen LogP contribution in [0.1, 0.15) is 4.88 Å². The van der Waals surface area contributed by atoms with Gasteiger partial charge >= 0.3 is 0 Å². The number of hydrogen-bond donors (Lipinski definition) is 1. The van der Waals surface area contributed by atoms with Crippen LogP contribution >= 0.6 is 11.3 Å². The fourth-order valence-corrected chi connectivity index (χ4v) is 2.56. The zero-order chi connectivity index (χ0) is 12.2. The molecule has 0 spiro atoms. The van der Waals surface area contributed by atoms with Crippen molar-refractivity contribution in [2.24, 2.45) is 0 Å². The van der Waals surface area contributed by atoms with Crippen LogP contribution in [0.4, 0.5) is 5.69 Å². The predicted molar refractivity (Wildman–Crippen MR) is 75.2 cm³/mol. The Morgan fingerprint density at radius 2 is 2.11 bits per heavy atom. The lowest BCUT2D eigenvalue weighted by Crippen LogP contribution is -1.96. The molecule has 0 aliphatic rings. The third-order valence-corrected chi connectivity index (χ3v) is 3.61. The standard InChI is InChI=1S/C14H13N3S/c1-2-4-12(5-3-1)16-9-14-8-13(10-18-14)17-7-6-15-11-17/h1-8,10-11,16H,9H2. The minimum Gasteiger partial charge on any atom is -0.380 e. The van der Waals surface area contributed by atoms with Crippen molar-refractivity contribution < 1.29 is 0 Å². The minimum atomic E-state index is 0.851. The van der Waals surface area contributed by atoms with Crippen LogP contribution < -0.4 is 5.32 Å². The van der Waals surface area contributed by atoms with Gasteiger partial charge in [-0.1, -0.05) is 18.2 Å². The second-order valence-corrected chi connectivity index (χ2v) is 4.96. The van der Waals surface area contributed by atoms with Crippen molar-refractivity contribution in [3.63, 3.8) is 0 Å². The number of hydrogen-bond acceptors (Lipinski definition) is 3. The van der Waals surface area contributed by atoms with Crippen molar-refractivity contribution in [3.05, 3.63) is 65.4 Å². The molecule has 1 N–H and O–H groups in total. The van der Waals surface area contributed by atoms with Crippen molar-refractivity contribution in [2.45, 2.75) is 6.54 Å². The van der Waals surface area contributed by atoms with E-state index in [1.807, 2.05) is 35.3 Å². The van der Waals surface area contributed by atoms with Gasteiger partial charge in [-0.2, -0.15) is 0 Å². The summed E-state index contributed by atoms with van der Waals surface area (Å²) in [6.07, 6.45) is 5.56. The molecule has 90 valence electrons. The first-order valence-electron chi connectivity index (χ1n) is 5.76. The molecule has 0 bridgehead atoms.